The molecule has 158 valence electrons. The van der Waals surface area contributed by atoms with Crippen molar-refractivity contribution in [3.8, 4) is 12.3 Å². The van der Waals surface area contributed by atoms with Crippen LogP contribution in [0.4, 0.5) is 14.9 Å². The highest BCUT2D eigenvalue weighted by atomic mass is 19.1. The molecule has 0 aromatic heterocycles. The maximum Gasteiger partial charge on any atom is 0.318 e. The number of nitrogens with zero attached hydrogens (tertiary/aromatic N) is 2. The van der Waals surface area contributed by atoms with Gasteiger partial charge in [0.05, 0.1) is 24.8 Å². The fourth-order valence-electron chi connectivity index (χ4n) is 3.98. The molecule has 6 nitrogen and oxygen atoms in total. The Labute approximate surface area is 172 Å². The highest BCUT2D eigenvalue weighted by molar-refractivity contribution is 5.75. The molecule has 2 unspecified atom stereocenters. The van der Waals surface area contributed by atoms with Crippen molar-refractivity contribution < 1.29 is 19.0 Å². The summed E-state index contributed by atoms with van der Waals surface area (Å²) in [6.45, 7) is 4.59. The van der Waals surface area contributed by atoms with Crippen LogP contribution in [0.1, 0.15) is 44.2 Å². The van der Waals surface area contributed by atoms with Crippen LogP contribution >= 0.6 is 0 Å². The molecule has 0 aliphatic carbocycles. The summed E-state index contributed by atoms with van der Waals surface area (Å²) in [5, 5.41) is 12.7. The predicted octanol–water partition coefficient (Wildman–Crippen LogP) is 2.67. The van der Waals surface area contributed by atoms with Crippen LogP contribution < -0.4 is 10.2 Å². The van der Waals surface area contributed by atoms with Gasteiger partial charge in [-0.25, -0.2) is 9.18 Å². The van der Waals surface area contributed by atoms with Gasteiger partial charge in [-0.2, -0.15) is 0 Å². The Morgan fingerprint density at radius 3 is 2.86 bits per heavy atom. The minimum Gasteiger partial charge on any atom is -0.393 e. The second-order valence-electron chi connectivity index (χ2n) is 7.81. The van der Waals surface area contributed by atoms with Gasteiger partial charge in [-0.15, -0.1) is 6.42 Å². The van der Waals surface area contributed by atoms with Crippen molar-refractivity contribution in [3.05, 3.63) is 29.6 Å². The van der Waals surface area contributed by atoms with E-state index in [-0.39, 0.29) is 30.6 Å². The molecule has 2 heterocycles. The minimum atomic E-state index is -0.398. The van der Waals surface area contributed by atoms with E-state index in [1.54, 1.807) is 11.0 Å². The van der Waals surface area contributed by atoms with E-state index in [2.05, 4.69) is 16.1 Å². The normalized spacial score (nSPS) is 20.9. The fourth-order valence-corrected chi connectivity index (χ4v) is 3.98. The molecule has 2 amide bonds. The highest BCUT2D eigenvalue weighted by Gasteiger charge is 2.25. The smallest absolute Gasteiger partial charge is 0.318 e. The Kier molecular flexibility index (Phi) is 7.34. The van der Waals surface area contributed by atoms with E-state index in [1.807, 2.05) is 6.92 Å². The van der Waals surface area contributed by atoms with Crippen molar-refractivity contribution in [1.29, 1.82) is 0 Å². The second kappa shape index (κ2) is 9.95. The Bertz CT molecular complexity index is 737. The van der Waals surface area contributed by atoms with Crippen LogP contribution in [-0.4, -0.2) is 61.0 Å². The summed E-state index contributed by atoms with van der Waals surface area (Å²) >= 11 is 0. The summed E-state index contributed by atoms with van der Waals surface area (Å²) < 4.78 is 19.6. The first-order valence-electron chi connectivity index (χ1n) is 10.3. The molecule has 3 rings (SSSR count). The number of anilines is 1. The molecule has 29 heavy (non-hydrogen) atoms. The van der Waals surface area contributed by atoms with Gasteiger partial charge in [0.15, 0.2) is 0 Å². The molecule has 2 aliphatic rings. The number of hydrogen-bond donors (Lipinski definition) is 2. The molecule has 7 heteroatoms. The summed E-state index contributed by atoms with van der Waals surface area (Å²) in [5.74, 6) is 2.18. The van der Waals surface area contributed by atoms with Crippen molar-refractivity contribution in [3.63, 3.8) is 0 Å². The lowest BCUT2D eigenvalue weighted by Gasteiger charge is -2.34. The van der Waals surface area contributed by atoms with E-state index in [0.29, 0.717) is 44.6 Å². The number of carbonyl (C=O) groups excluding carboxylic acids is 1. The van der Waals surface area contributed by atoms with Crippen LogP contribution in [0, 0.1) is 18.2 Å². The number of aliphatic hydroxyl groups excluding tert-OH is 1. The first-order valence-corrected chi connectivity index (χ1v) is 10.3. The molecule has 2 atom stereocenters. The molecule has 2 saturated heterocycles. The van der Waals surface area contributed by atoms with Gasteiger partial charge >= 0.3 is 6.03 Å². The highest BCUT2D eigenvalue weighted by Crippen LogP contribution is 2.30. The molecular formula is C22H30FN3O3. The third-order valence-electron chi connectivity index (χ3n) is 5.62. The summed E-state index contributed by atoms with van der Waals surface area (Å²) in [7, 11) is 0. The number of amides is 2. The lowest BCUT2D eigenvalue weighted by Crippen LogP contribution is -2.45. The number of aliphatic hydroxyl groups is 1. The standard InChI is InChI=1S/C22H30FN3O3/c1-3-10-26(15-19-5-4-13-29-19)22(28)24-16(2)20-14-17(23)6-7-21(20)25-11-8-18(27)9-12-25/h1,6-7,14,16,18-19,27H,4-5,8-13,15H2,2H3,(H,24,28). The summed E-state index contributed by atoms with van der Waals surface area (Å²) in [4.78, 5) is 16.6. The van der Waals surface area contributed by atoms with Crippen LogP contribution in [0.2, 0.25) is 0 Å². The lowest BCUT2D eigenvalue weighted by atomic mass is 10.0. The summed E-state index contributed by atoms with van der Waals surface area (Å²) in [6, 6.07) is 3.97. The summed E-state index contributed by atoms with van der Waals surface area (Å²) in [5.41, 5.74) is 1.60. The Morgan fingerprint density at radius 2 is 2.21 bits per heavy atom. The van der Waals surface area contributed by atoms with Crippen LogP contribution in [0.5, 0.6) is 0 Å². The first-order chi connectivity index (χ1) is 14.0. The fraction of sp³-hybridized carbons (Fsp3) is 0.591. The average molecular weight is 403 g/mol. The average Bonchev–Trinajstić information content (AvgIpc) is 3.21. The Balaban J connectivity index is 1.71. The van der Waals surface area contributed by atoms with Gasteiger partial charge in [-0.1, -0.05) is 5.92 Å². The molecule has 0 saturated carbocycles. The molecular weight excluding hydrogens is 373 g/mol. The van der Waals surface area contributed by atoms with Gasteiger partial charge in [0.2, 0.25) is 0 Å². The van der Waals surface area contributed by atoms with Crippen LogP contribution in [0.3, 0.4) is 0 Å². The molecule has 1 aromatic carbocycles. The zero-order valence-corrected chi connectivity index (χ0v) is 16.9. The number of piperidine rings is 1. The lowest BCUT2D eigenvalue weighted by molar-refractivity contribution is 0.0842. The number of carbonyl (C=O) groups is 1. The first kappa shape index (κ1) is 21.4. The van der Waals surface area contributed by atoms with Crippen molar-refractivity contribution in [2.45, 2.75) is 50.9 Å². The van der Waals surface area contributed by atoms with Gasteiger partial charge in [-0.3, -0.25) is 0 Å². The number of nitrogens with one attached hydrogen (secondary N) is 1. The van der Waals surface area contributed by atoms with Gasteiger partial charge in [0.1, 0.15) is 5.82 Å². The van der Waals surface area contributed by atoms with E-state index in [9.17, 15) is 14.3 Å². The third kappa shape index (κ3) is 5.62. The zero-order chi connectivity index (χ0) is 20.8. The van der Waals surface area contributed by atoms with Crippen LogP contribution in [0.15, 0.2) is 18.2 Å². The van der Waals surface area contributed by atoms with Crippen molar-refractivity contribution in [2.24, 2.45) is 0 Å². The minimum absolute atomic E-state index is 0.00825. The maximum atomic E-state index is 14.0. The monoisotopic (exact) mass is 403 g/mol. The van der Waals surface area contributed by atoms with Crippen molar-refractivity contribution in [1.82, 2.24) is 10.2 Å². The van der Waals surface area contributed by atoms with Crippen LogP contribution in [0.25, 0.3) is 0 Å². The number of halogens is 1. The van der Waals surface area contributed by atoms with E-state index in [4.69, 9.17) is 11.2 Å². The summed E-state index contributed by atoms with van der Waals surface area (Å²) in [6.07, 6.45) is 8.42. The topological polar surface area (TPSA) is 65.0 Å². The SMILES string of the molecule is C#CCN(CC1CCCO1)C(=O)NC(C)c1cc(F)ccc1N1CCC(O)CC1. The molecule has 0 bridgehead atoms. The number of hydrogen-bond acceptors (Lipinski definition) is 4. The van der Waals surface area contributed by atoms with Gasteiger partial charge in [0.25, 0.3) is 0 Å². The quantitative estimate of drug-likeness (QED) is 0.717. The van der Waals surface area contributed by atoms with E-state index in [0.717, 1.165) is 18.5 Å². The Morgan fingerprint density at radius 1 is 1.45 bits per heavy atom. The number of urea groups is 1. The van der Waals surface area contributed by atoms with Gasteiger partial charge in [-0.05, 0) is 50.8 Å². The maximum absolute atomic E-state index is 14.0. The molecule has 1 aromatic rings. The molecule has 0 radical (unpaired) electrons. The van der Waals surface area contributed by atoms with E-state index < -0.39 is 6.04 Å². The molecule has 2 aliphatic heterocycles. The van der Waals surface area contributed by atoms with E-state index in [1.165, 1.54) is 12.1 Å². The largest absolute Gasteiger partial charge is 0.393 e. The number of rotatable bonds is 6. The second-order valence-corrected chi connectivity index (χ2v) is 7.81. The zero-order valence-electron chi connectivity index (χ0n) is 16.9. The predicted molar refractivity (Wildman–Crippen MR) is 110 cm³/mol. The number of terminal acetylenes is 1. The Hall–Kier alpha value is -2.30. The molecule has 2 N–H and O–H groups in total. The number of benzene rings is 1. The van der Waals surface area contributed by atoms with Crippen molar-refractivity contribution >= 4 is 11.7 Å². The van der Waals surface area contributed by atoms with Gasteiger partial charge < -0.3 is 25.0 Å². The van der Waals surface area contributed by atoms with Crippen LogP contribution in [-0.2, 0) is 4.74 Å². The number of ether oxygens (including phenoxy) is 1. The third-order valence-corrected chi connectivity index (χ3v) is 5.62. The molecule has 2 fully saturated rings. The molecule has 0 spiro atoms. The van der Waals surface area contributed by atoms with Gasteiger partial charge in [0, 0.05) is 37.5 Å². The van der Waals surface area contributed by atoms with Crippen molar-refractivity contribution in [2.75, 3.05) is 37.7 Å². The van der Waals surface area contributed by atoms with E-state index >= 15 is 0 Å².